The lowest BCUT2D eigenvalue weighted by Gasteiger charge is -2.38. The van der Waals surface area contributed by atoms with Gasteiger partial charge in [-0.15, -0.1) is 0 Å². The highest BCUT2D eigenvalue weighted by Gasteiger charge is 2.49. The molecule has 14 aromatic carbocycles. The topological polar surface area (TPSA) is 6.48 Å². The number of fused-ring (bicyclic) bond motifs is 6. The van der Waals surface area contributed by atoms with Gasteiger partial charge >= 0.3 is 0 Å². The summed E-state index contributed by atoms with van der Waals surface area (Å²) >= 11 is 0. The Balaban J connectivity index is 0.984. The highest BCUT2D eigenvalue weighted by atomic mass is 15.2. The molecule has 2 heteroatoms. The molecule has 0 fully saturated rings. The molecule has 2 aliphatic rings. The third kappa shape index (κ3) is 7.83. The second-order valence-electron chi connectivity index (χ2n) is 25.9. The fourth-order valence-corrected chi connectivity index (χ4v) is 16.8. The van der Waals surface area contributed by atoms with Crippen LogP contribution in [-0.4, -0.2) is 0 Å². The Bertz CT molecular complexity index is 4700. The van der Waals surface area contributed by atoms with E-state index in [9.17, 15) is 0 Å². The average molecular weight is 1160 g/mol. The molecule has 2 aliphatic carbocycles. The van der Waals surface area contributed by atoms with E-state index in [1.165, 1.54) is 155 Å². The number of rotatable bonds is 12. The number of aryl methyl sites for hydroxylation is 2. The lowest BCUT2D eigenvalue weighted by molar-refractivity contribution is 0.760. The lowest BCUT2D eigenvalue weighted by atomic mass is 9.66. The second-order valence-corrected chi connectivity index (χ2v) is 25.9. The maximum atomic E-state index is 2.62. The molecular formula is C88H72N2. The van der Waals surface area contributed by atoms with Crippen LogP contribution in [0.15, 0.2) is 279 Å². The molecule has 0 atom stereocenters. The Kier molecular flexibility index (Phi) is 13.0. The molecule has 0 amide bonds. The summed E-state index contributed by atoms with van der Waals surface area (Å²) in [6, 6.07) is 106. The van der Waals surface area contributed by atoms with E-state index < -0.39 is 10.8 Å². The van der Waals surface area contributed by atoms with E-state index >= 15 is 0 Å². The molecule has 90 heavy (non-hydrogen) atoms. The molecule has 16 rings (SSSR count). The summed E-state index contributed by atoms with van der Waals surface area (Å²) in [5.41, 5.74) is 29.0. The summed E-state index contributed by atoms with van der Waals surface area (Å²) < 4.78 is 0. The zero-order valence-electron chi connectivity index (χ0n) is 52.6. The Morgan fingerprint density at radius 2 is 0.567 bits per heavy atom. The van der Waals surface area contributed by atoms with Crippen LogP contribution >= 0.6 is 0 Å². The van der Waals surface area contributed by atoms with Crippen LogP contribution in [0.25, 0.3) is 54.6 Å². The number of benzene rings is 14. The Labute approximate surface area is 530 Å². The van der Waals surface area contributed by atoms with Crippen molar-refractivity contribution in [2.75, 3.05) is 9.80 Å². The molecule has 0 heterocycles. The number of para-hydroxylation sites is 2. The lowest BCUT2D eigenvalue weighted by Crippen LogP contribution is -2.30. The third-order valence-electron chi connectivity index (χ3n) is 20.5. The summed E-state index contributed by atoms with van der Waals surface area (Å²) in [4.78, 5) is 5.25. The maximum Gasteiger partial charge on any atom is 0.0716 e. The van der Waals surface area contributed by atoms with Gasteiger partial charge in [0, 0.05) is 22.1 Å². The van der Waals surface area contributed by atoms with Gasteiger partial charge < -0.3 is 9.80 Å². The first kappa shape index (κ1) is 55.1. The zero-order valence-corrected chi connectivity index (χ0v) is 52.6. The van der Waals surface area contributed by atoms with Gasteiger partial charge in [0.15, 0.2) is 0 Å². The van der Waals surface area contributed by atoms with Crippen LogP contribution in [-0.2, 0) is 10.8 Å². The van der Waals surface area contributed by atoms with Crippen LogP contribution in [0, 0.1) is 27.7 Å². The van der Waals surface area contributed by atoms with E-state index in [0.717, 1.165) is 11.4 Å². The van der Waals surface area contributed by atoms with Gasteiger partial charge in [-0.3, -0.25) is 0 Å². The molecule has 434 valence electrons. The molecule has 0 saturated heterocycles. The van der Waals surface area contributed by atoms with Gasteiger partial charge in [0.25, 0.3) is 0 Å². The average Bonchev–Trinajstić information content (AvgIpc) is 1.46. The SMILES string of the molecule is Cc1ccc(C2(c3ccccc3)c3ccccc3-c3ccccc32)c(C)c1N(c1ccccc1)c1cc(C(C)C)c2ccc3c(N(c4ccccc4)c4c(C)ccc(C5(c6ccccc6)c6ccccc6-c6ccccc65)c4C)cc(C(C)C)c4ccc1c2c43. The van der Waals surface area contributed by atoms with Crippen molar-refractivity contribution in [3.05, 3.63) is 357 Å². The standard InChI is InChI=1S/C88H72N2/c1-55(2)73-53-81(89(63-33-17-11-18-34-63)85-57(5)45-51-75(59(85)7)87(61-29-13-9-14-30-61)77-41-25-21-37-65(77)66-38-22-26-42-78(66)87)71-50-48-70-74(56(3)4)54-82(72-49-47-69(73)83(71)84(70)72)90(64-35-19-12-20-36-64)86-58(6)46-52-76(60(86)8)88(62-31-15-10-16-32-62)79-43-27-23-39-67(79)68-40-24-28-44-80(68)88/h9-56H,1-8H3. The molecule has 0 radical (unpaired) electrons. The van der Waals surface area contributed by atoms with Crippen LogP contribution in [0.4, 0.5) is 34.1 Å². The molecule has 0 spiro atoms. The molecule has 2 nitrogen and oxygen atoms in total. The summed E-state index contributed by atoms with van der Waals surface area (Å²) in [7, 11) is 0. The summed E-state index contributed by atoms with van der Waals surface area (Å²) in [6.07, 6.45) is 0. The molecule has 0 unspecified atom stereocenters. The summed E-state index contributed by atoms with van der Waals surface area (Å²) in [5.74, 6) is 0.431. The highest BCUT2D eigenvalue weighted by molar-refractivity contribution is 6.29. The van der Waals surface area contributed by atoms with E-state index in [4.69, 9.17) is 0 Å². The van der Waals surface area contributed by atoms with Gasteiger partial charge in [-0.2, -0.15) is 0 Å². The summed E-state index contributed by atoms with van der Waals surface area (Å²) in [6.45, 7) is 18.9. The van der Waals surface area contributed by atoms with Gasteiger partial charge in [0.2, 0.25) is 0 Å². The fraction of sp³-hybridized carbons (Fsp3) is 0.136. The van der Waals surface area contributed by atoms with Crippen molar-refractivity contribution in [1.82, 2.24) is 0 Å². The fourth-order valence-electron chi connectivity index (χ4n) is 16.8. The van der Waals surface area contributed by atoms with Crippen molar-refractivity contribution < 1.29 is 0 Å². The normalized spacial score (nSPS) is 13.5. The maximum absolute atomic E-state index is 2.62. The van der Waals surface area contributed by atoms with Gasteiger partial charge in [0.1, 0.15) is 0 Å². The smallest absolute Gasteiger partial charge is 0.0716 e. The van der Waals surface area contributed by atoms with Crippen molar-refractivity contribution in [2.45, 2.75) is 78.1 Å². The minimum Gasteiger partial charge on any atom is -0.309 e. The van der Waals surface area contributed by atoms with E-state index in [-0.39, 0.29) is 11.8 Å². The number of anilines is 6. The molecule has 0 aromatic heterocycles. The Morgan fingerprint density at radius 3 is 0.889 bits per heavy atom. The molecule has 0 N–H and O–H groups in total. The van der Waals surface area contributed by atoms with Gasteiger partial charge in [-0.1, -0.05) is 270 Å². The Hall–Kier alpha value is -10.3. The molecule has 0 saturated carbocycles. The number of hydrogen-bond acceptors (Lipinski definition) is 2. The van der Waals surface area contributed by atoms with Crippen molar-refractivity contribution in [2.24, 2.45) is 0 Å². The highest BCUT2D eigenvalue weighted by Crippen LogP contribution is 2.61. The predicted molar refractivity (Wildman–Crippen MR) is 381 cm³/mol. The number of hydrogen-bond donors (Lipinski definition) is 0. The molecule has 0 aliphatic heterocycles. The first-order valence-corrected chi connectivity index (χ1v) is 32.2. The first-order valence-electron chi connectivity index (χ1n) is 32.2. The Morgan fingerprint density at radius 1 is 0.278 bits per heavy atom. The van der Waals surface area contributed by atoms with Crippen LogP contribution in [0.3, 0.4) is 0 Å². The minimum atomic E-state index is -0.576. The minimum absolute atomic E-state index is 0.216. The number of nitrogens with zero attached hydrogens (tertiary/aromatic N) is 2. The van der Waals surface area contributed by atoms with Crippen molar-refractivity contribution >= 4 is 66.4 Å². The largest absolute Gasteiger partial charge is 0.309 e. The predicted octanol–water partition coefficient (Wildman–Crippen LogP) is 23.7. The second kappa shape index (κ2) is 21.2. The van der Waals surface area contributed by atoms with Crippen molar-refractivity contribution in [3.63, 3.8) is 0 Å². The van der Waals surface area contributed by atoms with Gasteiger partial charge in [0.05, 0.1) is 33.6 Å². The molecule has 14 aromatic rings. The zero-order chi connectivity index (χ0) is 61.2. The quantitative estimate of drug-likeness (QED) is 0.113. The third-order valence-corrected chi connectivity index (χ3v) is 20.5. The molecular weight excluding hydrogens is 1080 g/mol. The van der Waals surface area contributed by atoms with Crippen molar-refractivity contribution in [3.8, 4) is 22.3 Å². The van der Waals surface area contributed by atoms with Crippen LogP contribution in [0.2, 0.25) is 0 Å². The molecule has 0 bridgehead atoms. The first-order chi connectivity index (χ1) is 44.0. The van der Waals surface area contributed by atoms with E-state index in [0.29, 0.717) is 0 Å². The van der Waals surface area contributed by atoms with Gasteiger partial charge in [-0.25, -0.2) is 0 Å². The van der Waals surface area contributed by atoms with E-state index in [1.807, 2.05) is 0 Å². The summed E-state index contributed by atoms with van der Waals surface area (Å²) in [5, 5.41) is 7.67. The monoisotopic (exact) mass is 1160 g/mol. The van der Waals surface area contributed by atoms with Crippen LogP contribution in [0.1, 0.15) is 117 Å². The van der Waals surface area contributed by atoms with E-state index in [1.54, 1.807) is 0 Å². The van der Waals surface area contributed by atoms with E-state index in [2.05, 4.69) is 344 Å². The van der Waals surface area contributed by atoms with Crippen molar-refractivity contribution in [1.29, 1.82) is 0 Å². The van der Waals surface area contributed by atoms with Crippen LogP contribution in [0.5, 0.6) is 0 Å². The van der Waals surface area contributed by atoms with Crippen LogP contribution < -0.4 is 9.80 Å². The van der Waals surface area contributed by atoms with Gasteiger partial charge in [-0.05, 0) is 198 Å².